The zero-order chi connectivity index (χ0) is 8.43. The van der Waals surface area contributed by atoms with Crippen LogP contribution in [0.15, 0.2) is 12.2 Å². The molecule has 0 saturated heterocycles. The summed E-state index contributed by atoms with van der Waals surface area (Å²) in [6.45, 7) is 1.82. The third-order valence-electron chi connectivity index (χ3n) is 1.99. The smallest absolute Gasteiger partial charge is 0.311 e. The predicted octanol–water partition coefficient (Wildman–Crippen LogP) is 0.852. The van der Waals surface area contributed by atoms with Crippen molar-refractivity contribution >= 4 is 11.8 Å². The lowest BCUT2D eigenvalue weighted by atomic mass is 9.93. The molecule has 0 aromatic carbocycles. The molecule has 0 amide bonds. The molecule has 0 aromatic rings. The molecule has 1 N–H and O–H groups in total. The van der Waals surface area contributed by atoms with Crippen LogP contribution in [0, 0.1) is 11.8 Å². The van der Waals surface area contributed by atoms with Gasteiger partial charge in [-0.05, 0) is 12.5 Å². The van der Waals surface area contributed by atoms with Gasteiger partial charge in [0.1, 0.15) is 0 Å². The van der Waals surface area contributed by atoms with Crippen LogP contribution in [0.4, 0.5) is 0 Å². The Bertz CT molecular complexity index is 217. The van der Waals surface area contributed by atoms with E-state index in [0.29, 0.717) is 6.42 Å². The van der Waals surface area contributed by atoms with Crippen LogP contribution in [0.5, 0.6) is 0 Å². The zero-order valence-electron chi connectivity index (χ0n) is 6.28. The van der Waals surface area contributed by atoms with Gasteiger partial charge in [-0.2, -0.15) is 0 Å². The molecular formula is C8H10O3. The molecule has 0 heterocycles. The summed E-state index contributed by atoms with van der Waals surface area (Å²) in [4.78, 5) is 21.5. The molecule has 2 atom stereocenters. The number of carbonyl (C=O) groups is 2. The van der Waals surface area contributed by atoms with Gasteiger partial charge in [0.25, 0.3) is 0 Å². The molecule has 0 radical (unpaired) electrons. The molecule has 1 aliphatic carbocycles. The van der Waals surface area contributed by atoms with Gasteiger partial charge < -0.3 is 5.11 Å². The predicted molar refractivity (Wildman–Crippen MR) is 39.1 cm³/mol. The van der Waals surface area contributed by atoms with Crippen molar-refractivity contribution in [2.24, 2.45) is 11.8 Å². The quantitative estimate of drug-likeness (QED) is 0.641. The molecule has 1 aliphatic rings. The van der Waals surface area contributed by atoms with Crippen LogP contribution in [-0.4, -0.2) is 16.9 Å². The number of ketones is 1. The second kappa shape index (κ2) is 2.86. The van der Waals surface area contributed by atoms with Crippen LogP contribution < -0.4 is 0 Å². The molecule has 60 valence electrons. The van der Waals surface area contributed by atoms with Crippen LogP contribution >= 0.6 is 0 Å². The van der Waals surface area contributed by atoms with E-state index < -0.39 is 11.9 Å². The Hall–Kier alpha value is -1.12. The average molecular weight is 154 g/mol. The fourth-order valence-electron chi connectivity index (χ4n) is 1.34. The second-order valence-electron chi connectivity index (χ2n) is 2.64. The van der Waals surface area contributed by atoms with Gasteiger partial charge in [-0.1, -0.05) is 13.0 Å². The van der Waals surface area contributed by atoms with Gasteiger partial charge in [-0.3, -0.25) is 9.59 Å². The minimum Gasteiger partial charge on any atom is -0.481 e. The summed E-state index contributed by atoms with van der Waals surface area (Å²) in [6.07, 6.45) is 3.44. The van der Waals surface area contributed by atoms with Gasteiger partial charge in [0.15, 0.2) is 5.78 Å². The van der Waals surface area contributed by atoms with E-state index in [-0.39, 0.29) is 11.7 Å². The second-order valence-corrected chi connectivity index (χ2v) is 2.64. The molecule has 2 unspecified atom stereocenters. The largest absolute Gasteiger partial charge is 0.481 e. The Labute approximate surface area is 64.7 Å². The van der Waals surface area contributed by atoms with Gasteiger partial charge in [-0.25, -0.2) is 0 Å². The third kappa shape index (κ3) is 1.31. The van der Waals surface area contributed by atoms with E-state index in [1.165, 1.54) is 12.2 Å². The van der Waals surface area contributed by atoms with Gasteiger partial charge >= 0.3 is 5.97 Å². The fraction of sp³-hybridized carbons (Fsp3) is 0.500. The van der Waals surface area contributed by atoms with Crippen LogP contribution in [0.25, 0.3) is 0 Å². The van der Waals surface area contributed by atoms with Gasteiger partial charge in [-0.15, -0.1) is 0 Å². The van der Waals surface area contributed by atoms with Crippen LogP contribution in [0.2, 0.25) is 0 Å². The zero-order valence-corrected chi connectivity index (χ0v) is 6.28. The Morgan fingerprint density at radius 2 is 2.36 bits per heavy atom. The molecule has 0 spiro atoms. The third-order valence-corrected chi connectivity index (χ3v) is 1.99. The molecule has 3 heteroatoms. The van der Waals surface area contributed by atoms with E-state index in [2.05, 4.69) is 0 Å². The van der Waals surface area contributed by atoms with Crippen LogP contribution in [0.1, 0.15) is 13.3 Å². The monoisotopic (exact) mass is 154 g/mol. The molecule has 1 rings (SSSR count). The van der Waals surface area contributed by atoms with E-state index in [0.717, 1.165) is 0 Å². The first-order chi connectivity index (χ1) is 5.16. The first kappa shape index (κ1) is 7.98. The first-order valence-corrected chi connectivity index (χ1v) is 3.61. The maximum absolute atomic E-state index is 11.0. The summed E-state index contributed by atoms with van der Waals surface area (Å²) < 4.78 is 0. The number of allylic oxidation sites excluding steroid dienone is 1. The van der Waals surface area contributed by atoms with Crippen LogP contribution in [0.3, 0.4) is 0 Å². The standard InChI is InChI=1S/C8H10O3/c1-2-5-6(8(10)11)3-4-7(5)9/h3-6H,2H2,1H3,(H,10,11). The highest BCUT2D eigenvalue weighted by atomic mass is 16.4. The summed E-state index contributed by atoms with van der Waals surface area (Å²) >= 11 is 0. The Kier molecular flexibility index (Phi) is 2.08. The number of hydrogen-bond acceptors (Lipinski definition) is 2. The van der Waals surface area contributed by atoms with Crippen molar-refractivity contribution in [3.05, 3.63) is 12.2 Å². The highest BCUT2D eigenvalue weighted by molar-refractivity contribution is 5.98. The van der Waals surface area contributed by atoms with Crippen molar-refractivity contribution in [3.63, 3.8) is 0 Å². The summed E-state index contributed by atoms with van der Waals surface area (Å²) in [5.41, 5.74) is 0. The van der Waals surface area contributed by atoms with Crippen molar-refractivity contribution < 1.29 is 14.7 Å². The molecule has 0 saturated carbocycles. The minimum absolute atomic E-state index is 0.0556. The SMILES string of the molecule is CCC1C(=O)C=CC1C(=O)O. The molecule has 3 nitrogen and oxygen atoms in total. The summed E-state index contributed by atoms with van der Waals surface area (Å²) in [6, 6.07) is 0. The maximum Gasteiger partial charge on any atom is 0.311 e. The van der Waals surface area contributed by atoms with Gasteiger partial charge in [0.05, 0.1) is 5.92 Å². The van der Waals surface area contributed by atoms with Crippen molar-refractivity contribution in [1.82, 2.24) is 0 Å². The molecule has 0 fully saturated rings. The van der Waals surface area contributed by atoms with E-state index in [1.54, 1.807) is 0 Å². The van der Waals surface area contributed by atoms with E-state index >= 15 is 0 Å². The molecular weight excluding hydrogens is 144 g/mol. The Balaban J connectivity index is 2.76. The lowest BCUT2D eigenvalue weighted by Gasteiger charge is -2.10. The normalized spacial score (nSPS) is 29.4. The van der Waals surface area contributed by atoms with E-state index in [1.807, 2.05) is 6.92 Å². The first-order valence-electron chi connectivity index (χ1n) is 3.61. The van der Waals surface area contributed by atoms with Gasteiger partial charge in [0, 0.05) is 5.92 Å². The van der Waals surface area contributed by atoms with E-state index in [9.17, 15) is 9.59 Å². The number of aliphatic carboxylic acids is 1. The van der Waals surface area contributed by atoms with Crippen molar-refractivity contribution in [1.29, 1.82) is 0 Å². The van der Waals surface area contributed by atoms with Crippen molar-refractivity contribution in [2.45, 2.75) is 13.3 Å². The number of rotatable bonds is 2. The summed E-state index contributed by atoms with van der Waals surface area (Å²) in [7, 11) is 0. The lowest BCUT2D eigenvalue weighted by molar-refractivity contribution is -0.143. The summed E-state index contributed by atoms with van der Waals surface area (Å²) in [5, 5.41) is 8.63. The average Bonchev–Trinajstić information content (AvgIpc) is 2.30. The lowest BCUT2D eigenvalue weighted by Crippen LogP contribution is -2.21. The maximum atomic E-state index is 11.0. The number of carbonyl (C=O) groups excluding carboxylic acids is 1. The minimum atomic E-state index is -0.904. The van der Waals surface area contributed by atoms with Crippen LogP contribution in [-0.2, 0) is 9.59 Å². The molecule has 0 aromatic heterocycles. The number of hydrogen-bond donors (Lipinski definition) is 1. The highest BCUT2D eigenvalue weighted by Crippen LogP contribution is 2.24. The fourth-order valence-corrected chi connectivity index (χ4v) is 1.34. The van der Waals surface area contributed by atoms with Crippen molar-refractivity contribution in [2.75, 3.05) is 0 Å². The molecule has 0 aliphatic heterocycles. The molecule has 0 bridgehead atoms. The topological polar surface area (TPSA) is 54.4 Å². The highest BCUT2D eigenvalue weighted by Gasteiger charge is 2.33. The number of carboxylic acids is 1. The van der Waals surface area contributed by atoms with Gasteiger partial charge in [0.2, 0.25) is 0 Å². The number of carboxylic acid groups (broad SMARTS) is 1. The summed E-state index contributed by atoms with van der Waals surface area (Å²) in [5.74, 6) is -1.88. The van der Waals surface area contributed by atoms with E-state index in [4.69, 9.17) is 5.11 Å². The molecule has 11 heavy (non-hydrogen) atoms. The van der Waals surface area contributed by atoms with Crippen molar-refractivity contribution in [3.8, 4) is 0 Å². The Morgan fingerprint density at radius 3 is 2.73 bits per heavy atom. The Morgan fingerprint density at radius 1 is 1.73 bits per heavy atom.